The Morgan fingerprint density at radius 2 is 2.00 bits per heavy atom. The van der Waals surface area contributed by atoms with Crippen LogP contribution in [-0.4, -0.2) is 27.5 Å². The lowest BCUT2D eigenvalue weighted by Gasteiger charge is -2.29. The van der Waals surface area contributed by atoms with Crippen LogP contribution in [0.5, 0.6) is 0 Å². The average Bonchev–Trinajstić information content (AvgIpc) is 3.00. The quantitative estimate of drug-likeness (QED) is 0.783. The van der Waals surface area contributed by atoms with Gasteiger partial charge in [0.15, 0.2) is 0 Å². The van der Waals surface area contributed by atoms with E-state index in [0.29, 0.717) is 6.04 Å². The van der Waals surface area contributed by atoms with Gasteiger partial charge in [-0.15, -0.1) is 0 Å². The molecule has 3 heteroatoms. The molecule has 3 rings (SSSR count). The fraction of sp³-hybridized carbons (Fsp3) is 0.714. The summed E-state index contributed by atoms with van der Waals surface area (Å²) in [5.41, 5.74) is 1.09. The summed E-state index contributed by atoms with van der Waals surface area (Å²) >= 11 is 0. The number of rotatable bonds is 2. The van der Waals surface area contributed by atoms with Crippen molar-refractivity contribution >= 4 is 0 Å². The Balaban J connectivity index is 1.81. The zero-order chi connectivity index (χ0) is 11.7. The number of hydrogen-bond acceptors (Lipinski definition) is 3. The summed E-state index contributed by atoms with van der Waals surface area (Å²) in [7, 11) is 0. The maximum absolute atomic E-state index is 4.62. The van der Waals surface area contributed by atoms with Crippen LogP contribution in [0.4, 0.5) is 0 Å². The van der Waals surface area contributed by atoms with Crippen molar-refractivity contribution in [2.45, 2.75) is 57.5 Å². The van der Waals surface area contributed by atoms with Gasteiger partial charge in [-0.05, 0) is 45.2 Å². The molecule has 1 aliphatic heterocycles. The molecule has 1 aromatic heterocycles. The SMILES string of the molecule is Cc1ccnc(C2CCCN2C2CCCC2)n1. The molecule has 1 aliphatic carbocycles. The van der Waals surface area contributed by atoms with E-state index in [4.69, 9.17) is 0 Å². The highest BCUT2D eigenvalue weighted by Gasteiger charge is 2.34. The molecule has 1 aromatic rings. The lowest BCUT2D eigenvalue weighted by Crippen LogP contribution is -2.33. The Labute approximate surface area is 103 Å². The van der Waals surface area contributed by atoms with Gasteiger partial charge in [-0.2, -0.15) is 0 Å². The third kappa shape index (κ3) is 2.21. The van der Waals surface area contributed by atoms with E-state index in [0.717, 1.165) is 17.6 Å². The molecule has 0 N–H and O–H groups in total. The molecule has 1 atom stereocenters. The van der Waals surface area contributed by atoms with Crippen LogP contribution in [0.25, 0.3) is 0 Å². The molecule has 3 nitrogen and oxygen atoms in total. The molecule has 2 fully saturated rings. The summed E-state index contributed by atoms with van der Waals surface area (Å²) in [6, 6.07) is 3.27. The Bertz CT molecular complexity index is 385. The van der Waals surface area contributed by atoms with Crippen LogP contribution in [0.15, 0.2) is 12.3 Å². The minimum absolute atomic E-state index is 0.484. The highest BCUT2D eigenvalue weighted by Crippen LogP contribution is 2.36. The van der Waals surface area contributed by atoms with Gasteiger partial charge in [-0.3, -0.25) is 4.90 Å². The minimum atomic E-state index is 0.484. The molecule has 0 amide bonds. The molecule has 1 saturated carbocycles. The van der Waals surface area contributed by atoms with E-state index in [1.807, 2.05) is 12.3 Å². The second kappa shape index (κ2) is 4.73. The van der Waals surface area contributed by atoms with E-state index in [-0.39, 0.29) is 0 Å². The van der Waals surface area contributed by atoms with Crippen LogP contribution >= 0.6 is 0 Å². The lowest BCUT2D eigenvalue weighted by atomic mass is 10.1. The van der Waals surface area contributed by atoms with Crippen molar-refractivity contribution in [2.75, 3.05) is 6.54 Å². The number of likely N-dealkylation sites (tertiary alicyclic amines) is 1. The predicted molar refractivity (Wildman–Crippen MR) is 67.7 cm³/mol. The van der Waals surface area contributed by atoms with Crippen LogP contribution in [0, 0.1) is 6.92 Å². The maximum Gasteiger partial charge on any atom is 0.145 e. The van der Waals surface area contributed by atoms with Gasteiger partial charge >= 0.3 is 0 Å². The molecular weight excluding hydrogens is 210 g/mol. The van der Waals surface area contributed by atoms with E-state index < -0.39 is 0 Å². The predicted octanol–water partition coefficient (Wildman–Crippen LogP) is 2.86. The lowest BCUT2D eigenvalue weighted by molar-refractivity contribution is 0.176. The van der Waals surface area contributed by atoms with Gasteiger partial charge in [0.1, 0.15) is 5.82 Å². The molecule has 17 heavy (non-hydrogen) atoms. The van der Waals surface area contributed by atoms with Gasteiger partial charge in [0.25, 0.3) is 0 Å². The number of hydrogen-bond donors (Lipinski definition) is 0. The Morgan fingerprint density at radius 3 is 2.76 bits per heavy atom. The molecule has 0 aromatic carbocycles. The van der Waals surface area contributed by atoms with Crippen molar-refractivity contribution in [1.82, 2.24) is 14.9 Å². The monoisotopic (exact) mass is 231 g/mol. The van der Waals surface area contributed by atoms with Crippen molar-refractivity contribution in [3.63, 3.8) is 0 Å². The van der Waals surface area contributed by atoms with Gasteiger partial charge in [-0.25, -0.2) is 9.97 Å². The summed E-state index contributed by atoms with van der Waals surface area (Å²) in [4.78, 5) is 11.8. The van der Waals surface area contributed by atoms with E-state index >= 15 is 0 Å². The molecule has 1 saturated heterocycles. The number of aryl methyl sites for hydroxylation is 1. The molecule has 0 radical (unpaired) electrons. The van der Waals surface area contributed by atoms with E-state index in [9.17, 15) is 0 Å². The first-order chi connectivity index (χ1) is 8.34. The van der Waals surface area contributed by atoms with Gasteiger partial charge < -0.3 is 0 Å². The third-order valence-corrected chi connectivity index (χ3v) is 4.20. The topological polar surface area (TPSA) is 29.0 Å². The van der Waals surface area contributed by atoms with E-state index in [1.165, 1.54) is 45.1 Å². The first kappa shape index (κ1) is 11.1. The van der Waals surface area contributed by atoms with Crippen LogP contribution in [0.1, 0.15) is 56.1 Å². The van der Waals surface area contributed by atoms with Crippen LogP contribution in [0.3, 0.4) is 0 Å². The fourth-order valence-electron chi connectivity index (χ4n) is 3.37. The van der Waals surface area contributed by atoms with Crippen molar-refractivity contribution in [3.8, 4) is 0 Å². The van der Waals surface area contributed by atoms with Gasteiger partial charge in [0.05, 0.1) is 6.04 Å². The van der Waals surface area contributed by atoms with Gasteiger partial charge in [0, 0.05) is 17.9 Å². The Morgan fingerprint density at radius 1 is 1.18 bits per heavy atom. The summed E-state index contributed by atoms with van der Waals surface area (Å²) < 4.78 is 0. The molecule has 0 bridgehead atoms. The van der Waals surface area contributed by atoms with Gasteiger partial charge in [0.2, 0.25) is 0 Å². The molecular formula is C14H21N3. The highest BCUT2D eigenvalue weighted by atomic mass is 15.2. The Kier molecular flexibility index (Phi) is 3.10. The fourth-order valence-corrected chi connectivity index (χ4v) is 3.37. The smallest absolute Gasteiger partial charge is 0.145 e. The van der Waals surface area contributed by atoms with E-state index in [2.05, 4.69) is 21.8 Å². The molecule has 1 unspecified atom stereocenters. The Hall–Kier alpha value is -0.960. The maximum atomic E-state index is 4.62. The van der Waals surface area contributed by atoms with Crippen LogP contribution < -0.4 is 0 Å². The zero-order valence-electron chi connectivity index (χ0n) is 10.6. The molecule has 2 aliphatic rings. The minimum Gasteiger partial charge on any atom is -0.290 e. The number of nitrogens with zero attached hydrogens (tertiary/aromatic N) is 3. The summed E-state index contributed by atoms with van der Waals surface area (Å²) in [6.45, 7) is 3.30. The normalized spacial score (nSPS) is 26.8. The van der Waals surface area contributed by atoms with Crippen molar-refractivity contribution < 1.29 is 0 Å². The molecule has 2 heterocycles. The summed E-state index contributed by atoms with van der Waals surface area (Å²) in [5.74, 6) is 1.05. The standard InChI is InChI=1S/C14H21N3/c1-11-8-9-15-14(16-11)13-7-4-10-17(13)12-5-2-3-6-12/h8-9,12-13H,2-7,10H2,1H3. The van der Waals surface area contributed by atoms with Gasteiger partial charge in [-0.1, -0.05) is 12.8 Å². The van der Waals surface area contributed by atoms with Crippen LogP contribution in [0.2, 0.25) is 0 Å². The van der Waals surface area contributed by atoms with Crippen LogP contribution in [-0.2, 0) is 0 Å². The zero-order valence-corrected chi connectivity index (χ0v) is 10.6. The molecule has 92 valence electrons. The second-order valence-corrected chi connectivity index (χ2v) is 5.39. The first-order valence-corrected chi connectivity index (χ1v) is 6.90. The van der Waals surface area contributed by atoms with Crippen molar-refractivity contribution in [1.29, 1.82) is 0 Å². The summed E-state index contributed by atoms with van der Waals surface area (Å²) in [5, 5.41) is 0. The van der Waals surface area contributed by atoms with Crippen molar-refractivity contribution in [3.05, 3.63) is 23.8 Å². The first-order valence-electron chi connectivity index (χ1n) is 6.90. The van der Waals surface area contributed by atoms with E-state index in [1.54, 1.807) is 0 Å². The largest absolute Gasteiger partial charge is 0.290 e. The third-order valence-electron chi connectivity index (χ3n) is 4.20. The number of aromatic nitrogens is 2. The highest BCUT2D eigenvalue weighted by molar-refractivity contribution is 5.06. The second-order valence-electron chi connectivity index (χ2n) is 5.39. The van der Waals surface area contributed by atoms with Crippen molar-refractivity contribution in [2.24, 2.45) is 0 Å². The average molecular weight is 231 g/mol. The molecule has 0 spiro atoms. The summed E-state index contributed by atoms with van der Waals surface area (Å²) in [6.07, 6.45) is 10.0.